The van der Waals surface area contributed by atoms with Gasteiger partial charge in [0, 0.05) is 21.8 Å². The third kappa shape index (κ3) is 5.93. The number of esters is 1. The Bertz CT molecular complexity index is 1130. The Morgan fingerprint density at radius 1 is 1.03 bits per heavy atom. The van der Waals surface area contributed by atoms with E-state index in [1.165, 1.54) is 56.0 Å². The van der Waals surface area contributed by atoms with Gasteiger partial charge in [0.15, 0.2) is 0 Å². The van der Waals surface area contributed by atoms with Crippen molar-refractivity contribution in [1.29, 1.82) is 0 Å². The van der Waals surface area contributed by atoms with Crippen molar-refractivity contribution in [3.05, 3.63) is 71.4 Å². The van der Waals surface area contributed by atoms with E-state index in [4.69, 9.17) is 20.8 Å². The minimum absolute atomic E-state index is 0.0795. The Kier molecular flexibility index (Phi) is 7.58. The maximum atomic E-state index is 14.0. The summed E-state index contributed by atoms with van der Waals surface area (Å²) < 4.78 is 28.7. The molecule has 0 radical (unpaired) electrons. The molecule has 3 aromatic rings. The van der Waals surface area contributed by atoms with E-state index in [0.29, 0.717) is 16.3 Å². The van der Waals surface area contributed by atoms with Crippen molar-refractivity contribution < 1.29 is 32.7 Å². The number of hydrogen-bond acceptors (Lipinski definition) is 6. The van der Waals surface area contributed by atoms with E-state index in [1.54, 1.807) is 6.07 Å². The van der Waals surface area contributed by atoms with Crippen molar-refractivity contribution >= 4 is 40.8 Å². The van der Waals surface area contributed by atoms with Gasteiger partial charge in [0.1, 0.15) is 19.0 Å². The van der Waals surface area contributed by atoms with E-state index < -0.39 is 36.8 Å². The highest BCUT2D eigenvalue weighted by Gasteiger charge is 2.15. The minimum atomic E-state index is -0.669. The van der Waals surface area contributed by atoms with Crippen LogP contribution in [-0.2, 0) is 19.1 Å². The number of methoxy groups -OCH3 is 1. The van der Waals surface area contributed by atoms with Gasteiger partial charge in [-0.1, -0.05) is 11.6 Å². The molecular weight excluding hydrogens is 443 g/mol. The van der Waals surface area contributed by atoms with Gasteiger partial charge in [0.2, 0.25) is 11.8 Å². The van der Waals surface area contributed by atoms with Crippen LogP contribution in [0.4, 0.5) is 15.8 Å². The molecule has 0 aliphatic carbocycles. The van der Waals surface area contributed by atoms with E-state index in [0.717, 1.165) is 0 Å². The molecule has 8 nitrogen and oxygen atoms in total. The normalized spacial score (nSPS) is 10.5. The molecule has 2 aromatic carbocycles. The molecule has 166 valence electrons. The first-order chi connectivity index (χ1) is 15.4. The number of rotatable bonds is 8. The van der Waals surface area contributed by atoms with Crippen LogP contribution >= 0.6 is 11.6 Å². The number of hydrogen-bond donors (Lipinski definition) is 2. The lowest BCUT2D eigenvalue weighted by Gasteiger charge is -2.11. The summed E-state index contributed by atoms with van der Waals surface area (Å²) in [6, 6.07) is 9.98. The SMILES string of the molecule is COC(=O)c1cc(Cl)ccc1NC(=O)COCC(=O)Nc1ccc(F)c(-c2ccoc2)c1. The second kappa shape index (κ2) is 10.6. The molecule has 0 saturated carbocycles. The third-order valence-electron chi connectivity index (χ3n) is 4.21. The molecule has 32 heavy (non-hydrogen) atoms. The number of benzene rings is 2. The molecule has 0 unspecified atom stereocenters. The molecule has 2 N–H and O–H groups in total. The Hall–Kier alpha value is -3.69. The molecule has 0 aliphatic heterocycles. The molecule has 2 amide bonds. The van der Waals surface area contributed by atoms with Gasteiger partial charge in [-0.25, -0.2) is 9.18 Å². The van der Waals surface area contributed by atoms with Crippen LogP contribution in [0, 0.1) is 5.82 Å². The van der Waals surface area contributed by atoms with Gasteiger partial charge in [0.05, 0.1) is 30.9 Å². The molecule has 0 fully saturated rings. The summed E-state index contributed by atoms with van der Waals surface area (Å²) in [6.45, 7) is -0.864. The smallest absolute Gasteiger partial charge is 0.340 e. The van der Waals surface area contributed by atoms with Crippen molar-refractivity contribution in [3.8, 4) is 11.1 Å². The van der Waals surface area contributed by atoms with Gasteiger partial charge in [-0.15, -0.1) is 0 Å². The average Bonchev–Trinajstić information content (AvgIpc) is 3.30. The van der Waals surface area contributed by atoms with Crippen LogP contribution in [0.5, 0.6) is 0 Å². The van der Waals surface area contributed by atoms with Crippen LogP contribution in [0.3, 0.4) is 0 Å². The number of nitrogens with one attached hydrogen (secondary N) is 2. The Balaban J connectivity index is 1.52. The summed E-state index contributed by atoms with van der Waals surface area (Å²) in [5.74, 6) is -2.26. The van der Waals surface area contributed by atoms with Crippen LogP contribution in [0.15, 0.2) is 59.4 Å². The lowest BCUT2D eigenvalue weighted by atomic mass is 10.1. The summed E-state index contributed by atoms with van der Waals surface area (Å²) in [5.41, 5.74) is 1.42. The van der Waals surface area contributed by atoms with E-state index in [2.05, 4.69) is 15.4 Å². The monoisotopic (exact) mass is 460 g/mol. The van der Waals surface area contributed by atoms with E-state index >= 15 is 0 Å². The lowest BCUT2D eigenvalue weighted by Crippen LogP contribution is -2.24. The predicted molar refractivity (Wildman–Crippen MR) is 115 cm³/mol. The summed E-state index contributed by atoms with van der Waals surface area (Å²) in [6.07, 6.45) is 2.80. The third-order valence-corrected chi connectivity index (χ3v) is 4.44. The highest BCUT2D eigenvalue weighted by Crippen LogP contribution is 2.26. The number of carbonyl (C=O) groups is 3. The van der Waals surface area contributed by atoms with Crippen molar-refractivity contribution in [2.45, 2.75) is 0 Å². The van der Waals surface area contributed by atoms with Gasteiger partial charge >= 0.3 is 5.97 Å². The number of halogens is 2. The number of anilines is 2. The van der Waals surface area contributed by atoms with Crippen molar-refractivity contribution in [2.24, 2.45) is 0 Å². The fourth-order valence-corrected chi connectivity index (χ4v) is 2.94. The van der Waals surface area contributed by atoms with E-state index in [9.17, 15) is 18.8 Å². The Morgan fingerprint density at radius 2 is 1.78 bits per heavy atom. The summed E-state index contributed by atoms with van der Waals surface area (Å²) in [4.78, 5) is 36.0. The predicted octanol–water partition coefficient (Wildman–Crippen LogP) is 4.12. The van der Waals surface area contributed by atoms with Crippen LogP contribution in [0.25, 0.3) is 11.1 Å². The van der Waals surface area contributed by atoms with Gasteiger partial charge in [-0.2, -0.15) is 0 Å². The van der Waals surface area contributed by atoms with Crippen molar-refractivity contribution in [1.82, 2.24) is 0 Å². The van der Waals surface area contributed by atoms with Crippen LogP contribution in [0.2, 0.25) is 5.02 Å². The average molecular weight is 461 g/mol. The van der Waals surface area contributed by atoms with Gasteiger partial charge in [0.25, 0.3) is 0 Å². The molecule has 10 heteroatoms. The number of carbonyl (C=O) groups excluding carboxylic acids is 3. The number of furan rings is 1. The zero-order valence-corrected chi connectivity index (χ0v) is 17.6. The first kappa shape index (κ1) is 23.0. The standard InChI is InChI=1S/C22H18ClFN2O6/c1-30-22(29)17-8-14(23)2-5-19(17)26-21(28)12-32-11-20(27)25-15-3-4-18(24)16(9-15)13-6-7-31-10-13/h2-10H,11-12H2,1H3,(H,25,27)(H,26,28). The second-order valence-electron chi connectivity index (χ2n) is 6.48. The number of amides is 2. The molecule has 0 aliphatic rings. The fraction of sp³-hybridized carbons (Fsp3) is 0.136. The molecule has 0 saturated heterocycles. The Morgan fingerprint density at radius 3 is 2.47 bits per heavy atom. The van der Waals surface area contributed by atoms with Gasteiger partial charge in [-0.05, 0) is 42.5 Å². The van der Waals surface area contributed by atoms with E-state index in [-0.39, 0.29) is 16.8 Å². The molecule has 1 heterocycles. The van der Waals surface area contributed by atoms with Crippen LogP contribution in [0.1, 0.15) is 10.4 Å². The van der Waals surface area contributed by atoms with Crippen LogP contribution < -0.4 is 10.6 Å². The van der Waals surface area contributed by atoms with Crippen molar-refractivity contribution in [3.63, 3.8) is 0 Å². The fourth-order valence-electron chi connectivity index (χ4n) is 2.77. The second-order valence-corrected chi connectivity index (χ2v) is 6.91. The maximum Gasteiger partial charge on any atom is 0.340 e. The quantitative estimate of drug-likeness (QED) is 0.490. The number of ether oxygens (including phenoxy) is 2. The molecule has 0 atom stereocenters. The highest BCUT2D eigenvalue weighted by molar-refractivity contribution is 6.31. The van der Waals surface area contributed by atoms with E-state index in [1.807, 2.05) is 0 Å². The molecule has 0 spiro atoms. The first-order valence-electron chi connectivity index (χ1n) is 9.25. The molecule has 1 aromatic heterocycles. The maximum absolute atomic E-state index is 14.0. The summed E-state index contributed by atoms with van der Waals surface area (Å²) in [5, 5.41) is 5.36. The first-order valence-corrected chi connectivity index (χ1v) is 9.62. The highest BCUT2D eigenvalue weighted by atomic mass is 35.5. The zero-order chi connectivity index (χ0) is 23.1. The molecular formula is C22H18ClFN2O6. The van der Waals surface area contributed by atoms with Gasteiger partial charge < -0.3 is 24.5 Å². The summed E-state index contributed by atoms with van der Waals surface area (Å²) >= 11 is 5.87. The zero-order valence-electron chi connectivity index (χ0n) is 16.8. The van der Waals surface area contributed by atoms with Gasteiger partial charge in [-0.3, -0.25) is 9.59 Å². The largest absolute Gasteiger partial charge is 0.472 e. The lowest BCUT2D eigenvalue weighted by molar-refractivity contribution is -0.125. The minimum Gasteiger partial charge on any atom is -0.472 e. The summed E-state index contributed by atoms with van der Waals surface area (Å²) in [7, 11) is 1.20. The van der Waals surface area contributed by atoms with Crippen molar-refractivity contribution in [2.75, 3.05) is 31.0 Å². The molecule has 0 bridgehead atoms. The Labute approximate surface area is 187 Å². The topological polar surface area (TPSA) is 107 Å². The van der Waals surface area contributed by atoms with Crippen LogP contribution in [-0.4, -0.2) is 38.1 Å². The molecule has 3 rings (SSSR count).